The van der Waals surface area contributed by atoms with Crippen LogP contribution in [0, 0.1) is 6.92 Å². The number of pyridine rings is 2. The van der Waals surface area contributed by atoms with E-state index in [1.54, 1.807) is 24.5 Å². The first-order chi connectivity index (χ1) is 19.3. The number of amidine groups is 1. The molecule has 0 atom stereocenters. The number of carbonyl (C=O) groups excluding carboxylic acids is 1. The minimum atomic E-state index is -4.58. The zero-order chi connectivity index (χ0) is 27.9. The molecule has 3 aromatic heterocycles. The molecule has 6 rings (SSSR count). The monoisotopic (exact) mass is 542 g/mol. The quantitative estimate of drug-likeness (QED) is 0.349. The van der Waals surface area contributed by atoms with Gasteiger partial charge in [0.1, 0.15) is 23.2 Å². The Labute approximate surface area is 226 Å². The molecule has 0 unspecified atom stereocenters. The number of nitrogens with zero attached hydrogens (tertiary/aromatic N) is 6. The number of aliphatic imine (C=N–C) groups is 1. The summed E-state index contributed by atoms with van der Waals surface area (Å²) in [4.78, 5) is 36.7. The van der Waals surface area contributed by atoms with Crippen LogP contribution in [0.4, 0.5) is 36.4 Å². The third kappa shape index (κ3) is 4.86. The lowest BCUT2D eigenvalue weighted by Crippen LogP contribution is -2.32. The highest BCUT2D eigenvalue weighted by Gasteiger charge is 2.32. The molecule has 9 nitrogen and oxygen atoms in total. The fraction of sp³-hybridized carbons (Fsp3) is 0.143. The molecular weight excluding hydrogens is 521 g/mol. The number of benzene rings is 1. The number of hydrogen-bond acceptors (Lipinski definition) is 8. The summed E-state index contributed by atoms with van der Waals surface area (Å²) in [5, 5.41) is 5.77. The number of nitrogens with one attached hydrogen (secondary N) is 2. The molecule has 40 heavy (non-hydrogen) atoms. The minimum absolute atomic E-state index is 0.332. The first kappa shape index (κ1) is 25.2. The minimum Gasteiger partial charge on any atom is -0.321 e. The van der Waals surface area contributed by atoms with E-state index in [0.717, 1.165) is 46.4 Å². The van der Waals surface area contributed by atoms with Gasteiger partial charge < -0.3 is 15.5 Å². The van der Waals surface area contributed by atoms with Crippen LogP contribution < -0.4 is 15.5 Å². The number of hydrogen-bond donors (Lipinski definition) is 2. The van der Waals surface area contributed by atoms with Crippen molar-refractivity contribution in [2.24, 2.45) is 4.99 Å². The number of carbonyl (C=O) groups is 1. The summed E-state index contributed by atoms with van der Waals surface area (Å²) >= 11 is 0. The molecule has 0 radical (unpaired) electrons. The van der Waals surface area contributed by atoms with Gasteiger partial charge in [0, 0.05) is 42.0 Å². The van der Waals surface area contributed by atoms with Crippen molar-refractivity contribution in [1.29, 1.82) is 0 Å². The van der Waals surface area contributed by atoms with E-state index in [1.165, 1.54) is 0 Å². The summed E-state index contributed by atoms with van der Waals surface area (Å²) in [6.45, 7) is 3.15. The number of aryl methyl sites for hydroxylation is 1. The molecule has 0 saturated heterocycles. The van der Waals surface area contributed by atoms with E-state index in [-0.39, 0.29) is 5.69 Å². The van der Waals surface area contributed by atoms with E-state index >= 15 is 0 Å². The van der Waals surface area contributed by atoms with Crippen molar-refractivity contribution in [2.75, 3.05) is 28.6 Å². The van der Waals surface area contributed by atoms with E-state index in [4.69, 9.17) is 9.98 Å². The zero-order valence-electron chi connectivity index (χ0n) is 21.1. The van der Waals surface area contributed by atoms with Gasteiger partial charge in [0.15, 0.2) is 0 Å². The van der Waals surface area contributed by atoms with Crippen LogP contribution in [0.15, 0.2) is 72.1 Å². The van der Waals surface area contributed by atoms with Crippen molar-refractivity contribution in [2.45, 2.75) is 13.1 Å². The molecule has 0 fully saturated rings. The Kier molecular flexibility index (Phi) is 6.21. The first-order valence-corrected chi connectivity index (χ1v) is 12.3. The van der Waals surface area contributed by atoms with Crippen molar-refractivity contribution < 1.29 is 18.0 Å². The Morgan fingerprint density at radius 3 is 2.70 bits per heavy atom. The predicted molar refractivity (Wildman–Crippen MR) is 145 cm³/mol. The highest BCUT2D eigenvalue weighted by Crippen LogP contribution is 2.37. The van der Waals surface area contributed by atoms with Gasteiger partial charge in [-0.25, -0.2) is 9.97 Å². The molecule has 0 aliphatic carbocycles. The largest absolute Gasteiger partial charge is 0.416 e. The Morgan fingerprint density at radius 1 is 1.02 bits per heavy atom. The maximum Gasteiger partial charge on any atom is 0.416 e. The predicted octanol–water partition coefficient (Wildman–Crippen LogP) is 5.36. The first-order valence-electron chi connectivity index (χ1n) is 12.3. The van der Waals surface area contributed by atoms with Gasteiger partial charge in [0.2, 0.25) is 5.95 Å². The Morgan fingerprint density at radius 2 is 1.90 bits per heavy atom. The highest BCUT2D eigenvalue weighted by molar-refractivity contribution is 6.36. The molecule has 1 amide bonds. The molecule has 0 bridgehead atoms. The molecule has 2 aliphatic rings. The van der Waals surface area contributed by atoms with E-state index in [9.17, 15) is 18.0 Å². The third-order valence-electron chi connectivity index (χ3n) is 6.44. The van der Waals surface area contributed by atoms with Crippen molar-refractivity contribution in [3.63, 3.8) is 0 Å². The maximum atomic E-state index is 13.1. The van der Waals surface area contributed by atoms with Crippen LogP contribution in [0.1, 0.15) is 32.7 Å². The summed E-state index contributed by atoms with van der Waals surface area (Å²) in [6, 6.07) is 12.4. The van der Waals surface area contributed by atoms with Gasteiger partial charge in [-0.15, -0.1) is 0 Å². The molecule has 5 heterocycles. The van der Waals surface area contributed by atoms with Crippen LogP contribution in [0.25, 0.3) is 11.6 Å². The van der Waals surface area contributed by atoms with E-state index < -0.39 is 17.6 Å². The highest BCUT2D eigenvalue weighted by atomic mass is 19.4. The summed E-state index contributed by atoms with van der Waals surface area (Å²) in [6.07, 6.45) is 1.74. The van der Waals surface area contributed by atoms with Crippen molar-refractivity contribution in [1.82, 2.24) is 19.9 Å². The lowest BCUT2D eigenvalue weighted by atomic mass is 9.94. The number of alkyl halides is 3. The fourth-order valence-electron chi connectivity index (χ4n) is 4.53. The molecule has 12 heteroatoms. The van der Waals surface area contributed by atoms with Crippen LogP contribution in [0.2, 0.25) is 0 Å². The maximum absolute atomic E-state index is 13.1. The molecule has 4 aromatic rings. The summed E-state index contributed by atoms with van der Waals surface area (Å²) in [5.74, 6) is 1.74. The topological polar surface area (TPSA) is 108 Å². The average Bonchev–Trinajstić information content (AvgIpc) is 3.45. The van der Waals surface area contributed by atoms with Crippen LogP contribution >= 0.6 is 0 Å². The van der Waals surface area contributed by atoms with Crippen LogP contribution in [-0.4, -0.2) is 44.8 Å². The van der Waals surface area contributed by atoms with E-state index in [2.05, 4.69) is 25.6 Å². The molecule has 2 N–H and O–H groups in total. The molecule has 0 saturated carbocycles. The molecule has 200 valence electrons. The Bertz CT molecular complexity index is 1680. The molecule has 1 aromatic carbocycles. The average molecular weight is 543 g/mol. The van der Waals surface area contributed by atoms with Gasteiger partial charge in [0.25, 0.3) is 5.91 Å². The number of halogens is 3. The van der Waals surface area contributed by atoms with Crippen LogP contribution in [0.3, 0.4) is 0 Å². The van der Waals surface area contributed by atoms with Gasteiger partial charge >= 0.3 is 6.18 Å². The van der Waals surface area contributed by atoms with Gasteiger partial charge in [-0.3, -0.25) is 14.8 Å². The summed E-state index contributed by atoms with van der Waals surface area (Å²) < 4.78 is 39.3. The van der Waals surface area contributed by atoms with Gasteiger partial charge in [0.05, 0.1) is 12.1 Å². The van der Waals surface area contributed by atoms with Gasteiger partial charge in [-0.1, -0.05) is 12.1 Å². The molecular formula is C28H21F3N8O. The number of rotatable bonds is 5. The lowest BCUT2D eigenvalue weighted by Gasteiger charge is -2.28. The number of fused-ring (bicyclic) bond motifs is 3. The summed E-state index contributed by atoms with van der Waals surface area (Å²) in [5.41, 5.74) is 2.49. The fourth-order valence-corrected chi connectivity index (χ4v) is 4.53. The van der Waals surface area contributed by atoms with E-state index in [1.807, 2.05) is 42.2 Å². The molecule has 2 aliphatic heterocycles. The van der Waals surface area contributed by atoms with Crippen LogP contribution in [-0.2, 0) is 6.18 Å². The Balaban J connectivity index is 1.31. The standard InChI is InChI=1S/C28H21F3N8O/c1-16-5-6-19(36-26(40)22-13-18(7-9-32-22)28(29,30)31)14-20(16)21-12-17-15-35-27(37-23-4-2-3-8-33-23)38-24(17)39-11-10-34-25(21)39/h2-9,12-15H,10-11H2,1H3,(H,36,40)(H,33,35,37,38). The van der Waals surface area contributed by atoms with Crippen molar-refractivity contribution in [3.05, 3.63) is 95.1 Å². The second kappa shape index (κ2) is 9.88. The van der Waals surface area contributed by atoms with Crippen molar-refractivity contribution in [3.8, 4) is 0 Å². The second-order valence-electron chi connectivity index (χ2n) is 9.14. The van der Waals surface area contributed by atoms with Gasteiger partial charge in [-0.2, -0.15) is 18.2 Å². The zero-order valence-corrected chi connectivity index (χ0v) is 21.1. The second-order valence-corrected chi connectivity index (χ2v) is 9.14. The SMILES string of the molecule is Cc1ccc(NC(=O)c2cc(C(F)(F)F)ccn2)cc1C1=Cc2cnc(Nc3ccccn3)nc2N2CCN=C12. The number of amides is 1. The van der Waals surface area contributed by atoms with Crippen molar-refractivity contribution >= 4 is 46.7 Å². The van der Waals surface area contributed by atoms with Gasteiger partial charge in [-0.05, 0) is 60.5 Å². The molecule has 0 spiro atoms. The lowest BCUT2D eigenvalue weighted by molar-refractivity contribution is -0.137. The smallest absolute Gasteiger partial charge is 0.321 e. The summed E-state index contributed by atoms with van der Waals surface area (Å²) in [7, 11) is 0. The van der Waals surface area contributed by atoms with Crippen LogP contribution in [0.5, 0.6) is 0 Å². The normalized spacial score (nSPS) is 14.2. The van der Waals surface area contributed by atoms with E-state index in [0.29, 0.717) is 36.4 Å². The third-order valence-corrected chi connectivity index (χ3v) is 6.44. The number of anilines is 4. The number of aromatic nitrogens is 4. The Hall–Kier alpha value is -5.13.